The van der Waals surface area contributed by atoms with Crippen LogP contribution in [0.1, 0.15) is 16.1 Å². The average molecular weight is 281 g/mol. The van der Waals surface area contributed by atoms with Crippen molar-refractivity contribution in [3.63, 3.8) is 0 Å². The number of aliphatic hydroxyl groups excluding tert-OH is 1. The second kappa shape index (κ2) is 4.52. The first-order valence-corrected chi connectivity index (χ1v) is 6.34. The van der Waals surface area contributed by atoms with Gasteiger partial charge in [-0.25, -0.2) is 5.06 Å². The van der Waals surface area contributed by atoms with Gasteiger partial charge in [0, 0.05) is 15.9 Å². The minimum Gasteiger partial charge on any atom is -0.389 e. The maximum atomic E-state index is 12.3. The Morgan fingerprint density at radius 2 is 2.37 bits per heavy atom. The smallest absolute Gasteiger partial charge is 0.294 e. The first-order valence-electron chi connectivity index (χ1n) is 5.97. The van der Waals surface area contributed by atoms with Gasteiger partial charge in [0.2, 0.25) is 0 Å². The van der Waals surface area contributed by atoms with Gasteiger partial charge in [-0.15, -0.1) is 0 Å². The standard InChI is InChI=1S/C13H13ClN2O3/c1-7-10-4-8(14)2-3-11(10)15-12(7)13(18)16-5-9(17)6-19-16/h2-4,9,15,17H,5-6H2,1H3. The third kappa shape index (κ3) is 2.10. The molecular weight excluding hydrogens is 268 g/mol. The predicted octanol–water partition coefficient (Wildman–Crippen LogP) is 1.88. The fourth-order valence-electron chi connectivity index (χ4n) is 2.25. The van der Waals surface area contributed by atoms with Gasteiger partial charge in [-0.1, -0.05) is 11.6 Å². The molecule has 1 aromatic heterocycles. The number of rotatable bonds is 1. The van der Waals surface area contributed by atoms with E-state index in [2.05, 4.69) is 4.98 Å². The fourth-order valence-corrected chi connectivity index (χ4v) is 2.42. The number of β-amino-alcohol motifs (C(OH)–C–C–N with tert-alkyl or cyclic N) is 1. The number of benzene rings is 1. The van der Waals surface area contributed by atoms with Crippen molar-refractivity contribution in [3.05, 3.63) is 34.5 Å². The summed E-state index contributed by atoms with van der Waals surface area (Å²) in [6.45, 7) is 2.19. The zero-order valence-electron chi connectivity index (χ0n) is 10.3. The number of nitrogens with one attached hydrogen (secondary N) is 1. The molecule has 1 aliphatic rings. The van der Waals surface area contributed by atoms with Gasteiger partial charge in [0.05, 0.1) is 6.54 Å². The van der Waals surface area contributed by atoms with Crippen molar-refractivity contribution < 1.29 is 14.7 Å². The number of amides is 1. The monoisotopic (exact) mass is 280 g/mol. The van der Waals surface area contributed by atoms with Gasteiger partial charge in [0.15, 0.2) is 0 Å². The Kier molecular flexibility index (Phi) is 2.97. The highest BCUT2D eigenvalue weighted by molar-refractivity contribution is 6.31. The van der Waals surface area contributed by atoms with E-state index < -0.39 is 6.10 Å². The number of aliphatic hydroxyl groups is 1. The van der Waals surface area contributed by atoms with E-state index in [4.69, 9.17) is 16.4 Å². The van der Waals surface area contributed by atoms with Crippen molar-refractivity contribution in [2.75, 3.05) is 13.2 Å². The van der Waals surface area contributed by atoms with E-state index in [1.54, 1.807) is 6.07 Å². The quantitative estimate of drug-likeness (QED) is 0.838. The summed E-state index contributed by atoms with van der Waals surface area (Å²) in [6.07, 6.45) is -0.622. The maximum Gasteiger partial charge on any atom is 0.294 e. The van der Waals surface area contributed by atoms with Crippen LogP contribution < -0.4 is 0 Å². The van der Waals surface area contributed by atoms with Crippen molar-refractivity contribution in [1.29, 1.82) is 0 Å². The highest BCUT2D eigenvalue weighted by atomic mass is 35.5. The molecule has 1 aliphatic heterocycles. The third-order valence-corrected chi connectivity index (χ3v) is 3.50. The van der Waals surface area contributed by atoms with Crippen LogP contribution in [-0.4, -0.2) is 40.3 Å². The van der Waals surface area contributed by atoms with Crippen molar-refractivity contribution in [2.45, 2.75) is 13.0 Å². The molecule has 6 heteroatoms. The lowest BCUT2D eigenvalue weighted by atomic mass is 10.1. The summed E-state index contributed by atoms with van der Waals surface area (Å²) in [5, 5.41) is 12.1. The topological polar surface area (TPSA) is 65.6 Å². The van der Waals surface area contributed by atoms with Crippen molar-refractivity contribution >= 4 is 28.4 Å². The van der Waals surface area contributed by atoms with E-state index in [0.717, 1.165) is 16.5 Å². The molecule has 2 aromatic rings. The van der Waals surface area contributed by atoms with Crippen LogP contribution in [0.4, 0.5) is 0 Å². The highest BCUT2D eigenvalue weighted by Gasteiger charge is 2.29. The minimum absolute atomic E-state index is 0.150. The first kappa shape index (κ1) is 12.5. The second-order valence-corrected chi connectivity index (χ2v) is 5.07. The molecule has 1 saturated heterocycles. The summed E-state index contributed by atoms with van der Waals surface area (Å²) in [5.74, 6) is -0.277. The summed E-state index contributed by atoms with van der Waals surface area (Å²) in [5.41, 5.74) is 2.14. The first-order chi connectivity index (χ1) is 9.06. The van der Waals surface area contributed by atoms with E-state index >= 15 is 0 Å². The number of carbonyl (C=O) groups is 1. The molecule has 1 atom stereocenters. The van der Waals surface area contributed by atoms with E-state index in [-0.39, 0.29) is 19.1 Å². The van der Waals surface area contributed by atoms with Crippen LogP contribution in [0.25, 0.3) is 10.9 Å². The Labute approximate surface area is 114 Å². The number of aromatic nitrogens is 1. The molecule has 0 saturated carbocycles. The molecule has 0 radical (unpaired) electrons. The van der Waals surface area contributed by atoms with E-state index in [1.807, 2.05) is 19.1 Å². The minimum atomic E-state index is -0.622. The molecule has 19 heavy (non-hydrogen) atoms. The summed E-state index contributed by atoms with van der Waals surface area (Å²) in [7, 11) is 0. The van der Waals surface area contributed by atoms with Gasteiger partial charge in [0.25, 0.3) is 5.91 Å². The number of nitrogens with zero attached hydrogens (tertiary/aromatic N) is 1. The van der Waals surface area contributed by atoms with Crippen molar-refractivity contribution in [1.82, 2.24) is 10.0 Å². The zero-order valence-corrected chi connectivity index (χ0v) is 11.1. The SMILES string of the molecule is Cc1c(C(=O)N2CC(O)CO2)[nH]c2ccc(Cl)cc12. The number of hydroxylamine groups is 2. The zero-order chi connectivity index (χ0) is 13.6. The van der Waals surface area contributed by atoms with Gasteiger partial charge in [0.1, 0.15) is 18.4 Å². The second-order valence-electron chi connectivity index (χ2n) is 4.63. The normalized spacial score (nSPS) is 19.3. The lowest BCUT2D eigenvalue weighted by Crippen LogP contribution is -2.29. The molecule has 100 valence electrons. The van der Waals surface area contributed by atoms with Crippen molar-refractivity contribution in [2.24, 2.45) is 0 Å². The van der Waals surface area contributed by atoms with Gasteiger partial charge >= 0.3 is 0 Å². The van der Waals surface area contributed by atoms with Gasteiger partial charge in [-0.3, -0.25) is 9.63 Å². The average Bonchev–Trinajstić information content (AvgIpc) is 2.94. The molecular formula is C13H13ClN2O3. The molecule has 3 rings (SSSR count). The lowest BCUT2D eigenvalue weighted by molar-refractivity contribution is -0.0783. The summed E-state index contributed by atoms with van der Waals surface area (Å²) < 4.78 is 0. The molecule has 1 amide bonds. The van der Waals surface area contributed by atoms with Crippen LogP contribution in [0.3, 0.4) is 0 Å². The molecule has 2 N–H and O–H groups in total. The van der Waals surface area contributed by atoms with Crippen LogP contribution in [0.15, 0.2) is 18.2 Å². The van der Waals surface area contributed by atoms with E-state index in [9.17, 15) is 9.90 Å². The highest BCUT2D eigenvalue weighted by Crippen LogP contribution is 2.26. The Morgan fingerprint density at radius 1 is 1.58 bits per heavy atom. The molecule has 1 aromatic carbocycles. The number of aromatic amines is 1. The third-order valence-electron chi connectivity index (χ3n) is 3.26. The number of halogens is 1. The van der Waals surface area contributed by atoms with Crippen LogP contribution in [0.5, 0.6) is 0 Å². The Bertz CT molecular complexity index is 653. The number of H-pyrrole nitrogens is 1. The number of hydrogen-bond acceptors (Lipinski definition) is 3. The maximum absolute atomic E-state index is 12.3. The summed E-state index contributed by atoms with van der Waals surface area (Å²) >= 11 is 5.96. The largest absolute Gasteiger partial charge is 0.389 e. The van der Waals surface area contributed by atoms with Gasteiger partial charge in [-0.2, -0.15) is 0 Å². The van der Waals surface area contributed by atoms with Gasteiger partial charge < -0.3 is 10.1 Å². The fraction of sp³-hybridized carbons (Fsp3) is 0.308. The van der Waals surface area contributed by atoms with Crippen LogP contribution in [0.2, 0.25) is 5.02 Å². The summed E-state index contributed by atoms with van der Waals surface area (Å²) in [6, 6.07) is 5.42. The van der Waals surface area contributed by atoms with Crippen LogP contribution in [-0.2, 0) is 4.84 Å². The number of aryl methyl sites for hydroxylation is 1. The number of fused-ring (bicyclic) bond motifs is 1. The molecule has 0 aliphatic carbocycles. The van der Waals surface area contributed by atoms with Crippen LogP contribution in [0, 0.1) is 6.92 Å². The van der Waals surface area contributed by atoms with Crippen molar-refractivity contribution in [3.8, 4) is 0 Å². The Balaban J connectivity index is 2.01. The predicted molar refractivity (Wildman–Crippen MR) is 71.0 cm³/mol. The van der Waals surface area contributed by atoms with Crippen LogP contribution >= 0.6 is 11.6 Å². The number of carbonyl (C=O) groups excluding carboxylic acids is 1. The molecule has 2 heterocycles. The van der Waals surface area contributed by atoms with Gasteiger partial charge in [-0.05, 0) is 30.7 Å². The molecule has 0 spiro atoms. The molecule has 5 nitrogen and oxygen atoms in total. The molecule has 1 unspecified atom stereocenters. The number of hydrogen-bond donors (Lipinski definition) is 2. The summed E-state index contributed by atoms with van der Waals surface area (Å²) in [4.78, 5) is 20.5. The lowest BCUT2D eigenvalue weighted by Gasteiger charge is -2.13. The van der Waals surface area contributed by atoms with E-state index in [0.29, 0.717) is 10.7 Å². The van der Waals surface area contributed by atoms with E-state index in [1.165, 1.54) is 5.06 Å². The Hall–Kier alpha value is -1.56. The Morgan fingerprint density at radius 3 is 3.05 bits per heavy atom. The molecule has 0 bridgehead atoms. The molecule has 1 fully saturated rings.